The van der Waals surface area contributed by atoms with Crippen LogP contribution in [0.4, 0.5) is 0 Å². The number of hydrogen-bond donors (Lipinski definition) is 3. The first-order chi connectivity index (χ1) is 2.00. The van der Waals surface area contributed by atoms with E-state index in [1.54, 1.807) is 0 Å². The molecule has 0 heterocycles. The van der Waals surface area contributed by atoms with Gasteiger partial charge in [-0.15, -0.1) is 0 Å². The molecule has 0 unspecified atom stereocenters. The summed E-state index contributed by atoms with van der Waals surface area (Å²) in [7, 11) is -4.64. The van der Waals surface area contributed by atoms with E-state index in [0.29, 0.717) is 0 Å². The average molecular weight is 189 g/mol. The Morgan fingerprint density at radius 2 is 1.14 bits per heavy atom. The van der Waals surface area contributed by atoms with Gasteiger partial charge in [-0.3, -0.25) is 0 Å². The van der Waals surface area contributed by atoms with Crippen LogP contribution in [0.1, 0.15) is 0 Å². The largest absolute Gasteiger partial charge is 0.466 e. The predicted octanol–water partition coefficient (Wildman–Crippen LogP) is -2.13. The van der Waals surface area contributed by atoms with E-state index in [1.807, 2.05) is 0 Å². The smallest absolute Gasteiger partial charge is 0.412 e. The molecule has 0 saturated heterocycles. The Hall–Kier alpha value is 0.613. The van der Waals surface area contributed by atoms with Crippen molar-refractivity contribution < 1.29 is 24.7 Å². The molecule has 0 fully saturated rings. The fraction of sp³-hybridized carbons (Fsp3) is 0. The van der Waals surface area contributed by atoms with E-state index in [9.17, 15) is 0 Å². The van der Waals surface area contributed by atoms with Gasteiger partial charge < -0.3 is 20.2 Å². The molecule has 44 valence electrons. The zero-order valence-corrected chi connectivity index (χ0v) is 6.19. The Bertz CT molecular complexity index is 54.2. The first-order valence-electron chi connectivity index (χ1n) is 0.783. The number of phosphoric acid groups is 1. The topological polar surface area (TPSA) is 109 Å². The van der Waals surface area contributed by atoms with E-state index in [4.69, 9.17) is 19.2 Å². The predicted molar refractivity (Wildman–Crippen MR) is 23.6 cm³/mol. The van der Waals surface area contributed by atoms with Gasteiger partial charge in [-0.05, 0) is 0 Å². The van der Waals surface area contributed by atoms with Crippen molar-refractivity contribution in [3.05, 3.63) is 0 Å². The van der Waals surface area contributed by atoms with Crippen LogP contribution in [0.3, 0.4) is 0 Å². The molecule has 0 aromatic heterocycles. The fourth-order valence-electron chi connectivity index (χ4n) is 0. The van der Waals surface area contributed by atoms with Crippen LogP contribution in [-0.4, -0.2) is 37.8 Å². The quantitative estimate of drug-likeness (QED) is 0.298. The summed E-state index contributed by atoms with van der Waals surface area (Å²) >= 11 is 0. The minimum absolute atomic E-state index is 0. The second kappa shape index (κ2) is 4.76. The van der Waals surface area contributed by atoms with Crippen molar-refractivity contribution in [1.82, 2.24) is 0 Å². The van der Waals surface area contributed by atoms with Gasteiger partial charge in [0.15, 0.2) is 0 Å². The Balaban J connectivity index is -0.0000000800. The monoisotopic (exact) mass is 190 g/mol. The van der Waals surface area contributed by atoms with Crippen molar-refractivity contribution in [2.45, 2.75) is 0 Å². The first-order valence-corrected chi connectivity index (χ1v) is 2.35. The molecule has 7 heavy (non-hydrogen) atoms. The summed E-state index contributed by atoms with van der Waals surface area (Å²) in [5.74, 6) is 0. The van der Waals surface area contributed by atoms with Gasteiger partial charge in [-0.25, -0.2) is 4.57 Å². The van der Waals surface area contributed by atoms with E-state index in [-0.39, 0.29) is 23.1 Å². The Morgan fingerprint density at radius 1 is 1.14 bits per heavy atom. The van der Waals surface area contributed by atoms with Crippen molar-refractivity contribution in [3.8, 4) is 0 Å². The van der Waals surface area contributed by atoms with Crippen molar-refractivity contribution >= 4 is 25.4 Å². The van der Waals surface area contributed by atoms with Gasteiger partial charge >= 0.3 is 7.82 Å². The van der Waals surface area contributed by atoms with Gasteiger partial charge in [0.05, 0.1) is 0 Å². The van der Waals surface area contributed by atoms with Crippen molar-refractivity contribution in [3.63, 3.8) is 0 Å². The van der Waals surface area contributed by atoms with Gasteiger partial charge in [0.1, 0.15) is 0 Å². The van der Waals surface area contributed by atoms with Gasteiger partial charge in [0.2, 0.25) is 0 Å². The van der Waals surface area contributed by atoms with Crippen LogP contribution in [0.15, 0.2) is 0 Å². The van der Waals surface area contributed by atoms with Gasteiger partial charge in [0.25, 0.3) is 0 Å². The average Bonchev–Trinajstić information content (AvgIpc) is 0.722. The van der Waals surface area contributed by atoms with E-state index in [0.717, 1.165) is 0 Å². The molecule has 0 rings (SSSR count). The maximum absolute atomic E-state index is 8.88. The van der Waals surface area contributed by atoms with Crippen LogP contribution < -0.4 is 0 Å². The third-order valence-corrected chi connectivity index (χ3v) is 0. The van der Waals surface area contributed by atoms with Crippen LogP contribution >= 0.6 is 7.82 Å². The number of hydrogen-bond acceptors (Lipinski definition) is 1. The van der Waals surface area contributed by atoms with Gasteiger partial charge in [0, 0.05) is 17.6 Å². The molecule has 5 nitrogen and oxygen atoms in total. The molecule has 0 aromatic carbocycles. The zero-order valence-electron chi connectivity index (χ0n) is 3.20. The van der Waals surface area contributed by atoms with E-state index in [1.165, 1.54) is 0 Å². The first kappa shape index (κ1) is 15.6. The van der Waals surface area contributed by atoms with Crippen LogP contribution in [0, 0.1) is 0 Å². The molecule has 0 aromatic rings. The number of rotatable bonds is 0. The van der Waals surface area contributed by atoms with Gasteiger partial charge in [-0.1, -0.05) is 0 Å². The van der Waals surface area contributed by atoms with Crippen molar-refractivity contribution in [1.29, 1.82) is 0 Å². The molecule has 7 heteroatoms. The zero-order chi connectivity index (χ0) is 4.50. The summed E-state index contributed by atoms with van der Waals surface area (Å²) in [5.41, 5.74) is 0. The van der Waals surface area contributed by atoms with E-state index >= 15 is 0 Å². The molecule has 4 radical (unpaired) electrons. The summed E-state index contributed by atoms with van der Waals surface area (Å²) in [5, 5.41) is 0. The maximum atomic E-state index is 8.88. The van der Waals surface area contributed by atoms with Crippen LogP contribution in [-0.2, 0) is 4.57 Å². The summed E-state index contributed by atoms with van der Waals surface area (Å²) in [6.07, 6.45) is 0. The van der Waals surface area contributed by atoms with Crippen molar-refractivity contribution in [2.24, 2.45) is 0 Å². The minimum Gasteiger partial charge on any atom is -0.412 e. The molecule has 0 aliphatic heterocycles. The fourth-order valence-corrected chi connectivity index (χ4v) is 0. The SMILES string of the molecule is O.O=P(O)(O)O.[Ge]. The Morgan fingerprint density at radius 3 is 1.14 bits per heavy atom. The third kappa shape index (κ3) is 375. The molecule has 0 spiro atoms. The van der Waals surface area contributed by atoms with Crippen molar-refractivity contribution in [2.75, 3.05) is 0 Å². The molecular weight excluding hydrogens is 184 g/mol. The van der Waals surface area contributed by atoms with Crippen LogP contribution in [0.25, 0.3) is 0 Å². The normalized spacial score (nSPS) is 8.43. The summed E-state index contributed by atoms with van der Waals surface area (Å²) in [6, 6.07) is 0. The van der Waals surface area contributed by atoms with Gasteiger partial charge in [-0.2, -0.15) is 0 Å². The molecule has 0 bridgehead atoms. The molecule has 0 aliphatic carbocycles. The molecule has 0 aliphatic rings. The minimum atomic E-state index is -4.64. The second-order valence-electron chi connectivity index (χ2n) is 0.513. The maximum Gasteiger partial charge on any atom is 0.466 e. The standard InChI is InChI=1S/Ge.H3O4P.H2O/c;1-5(2,3)4;/h;(H3,1,2,3,4);1H2. The second-order valence-corrected chi connectivity index (χ2v) is 1.54. The molecule has 0 saturated carbocycles. The van der Waals surface area contributed by atoms with E-state index in [2.05, 4.69) is 0 Å². The molecule has 0 atom stereocenters. The molecule has 5 N–H and O–H groups in total. The van der Waals surface area contributed by atoms with Crippen LogP contribution in [0.2, 0.25) is 0 Å². The van der Waals surface area contributed by atoms with Crippen LogP contribution in [0.5, 0.6) is 0 Å². The summed E-state index contributed by atoms with van der Waals surface area (Å²) in [4.78, 5) is 21.6. The summed E-state index contributed by atoms with van der Waals surface area (Å²) < 4.78 is 8.88. The third-order valence-electron chi connectivity index (χ3n) is 0. The molecular formula is H5GeO5P. The van der Waals surface area contributed by atoms with E-state index < -0.39 is 7.82 Å². The Labute approximate surface area is 50.9 Å². The Kier molecular flexibility index (Phi) is 10.6. The molecule has 0 amide bonds. The summed E-state index contributed by atoms with van der Waals surface area (Å²) in [6.45, 7) is 0.